The normalized spacial score (nSPS) is 18.4. The number of hydrogen-bond donors (Lipinski definition) is 1. The summed E-state index contributed by atoms with van der Waals surface area (Å²) in [6.45, 7) is 5.53. The number of nitrogens with zero attached hydrogens (tertiary/aromatic N) is 3. The molecule has 0 spiro atoms. The number of hydrogen-bond acceptors (Lipinski definition) is 4. The SMILES string of the molecule is CC(CN1CCCCC1)n1ccnc1SCC(=O)O. The van der Waals surface area contributed by atoms with Crippen molar-refractivity contribution in [1.82, 2.24) is 14.5 Å². The topological polar surface area (TPSA) is 58.4 Å². The predicted octanol–water partition coefficient (Wildman–Crippen LogP) is 2.11. The summed E-state index contributed by atoms with van der Waals surface area (Å²) >= 11 is 1.29. The molecule has 0 amide bonds. The van der Waals surface area contributed by atoms with Crippen LogP contribution in [0.2, 0.25) is 0 Å². The number of imidazole rings is 1. The number of carboxylic acids is 1. The van der Waals surface area contributed by atoms with Gasteiger partial charge in [0.15, 0.2) is 5.16 Å². The van der Waals surface area contributed by atoms with Crippen LogP contribution in [0.15, 0.2) is 17.6 Å². The maximum atomic E-state index is 10.6. The molecule has 0 aromatic carbocycles. The lowest BCUT2D eigenvalue weighted by molar-refractivity contribution is -0.133. The van der Waals surface area contributed by atoms with E-state index in [9.17, 15) is 4.79 Å². The summed E-state index contributed by atoms with van der Waals surface area (Å²) in [6, 6.07) is 0.330. The van der Waals surface area contributed by atoms with Gasteiger partial charge in [-0.3, -0.25) is 4.79 Å². The summed E-state index contributed by atoms with van der Waals surface area (Å²) in [5.41, 5.74) is 0. The molecule has 6 heteroatoms. The van der Waals surface area contributed by atoms with Crippen molar-refractivity contribution in [1.29, 1.82) is 0 Å². The van der Waals surface area contributed by atoms with E-state index in [2.05, 4.69) is 21.4 Å². The monoisotopic (exact) mass is 283 g/mol. The van der Waals surface area contributed by atoms with Gasteiger partial charge in [-0.1, -0.05) is 18.2 Å². The van der Waals surface area contributed by atoms with Crippen LogP contribution in [-0.4, -0.2) is 50.9 Å². The van der Waals surface area contributed by atoms with E-state index in [4.69, 9.17) is 5.11 Å². The van der Waals surface area contributed by atoms with Crippen LogP contribution in [0.25, 0.3) is 0 Å². The Kier molecular flexibility index (Phi) is 5.27. The molecule has 1 N–H and O–H groups in total. The average molecular weight is 283 g/mol. The number of aromatic nitrogens is 2. The van der Waals surface area contributed by atoms with Crippen LogP contribution in [0.1, 0.15) is 32.2 Å². The molecule has 106 valence electrons. The Balaban J connectivity index is 1.92. The predicted molar refractivity (Wildman–Crippen MR) is 75.6 cm³/mol. The fraction of sp³-hybridized carbons (Fsp3) is 0.692. The number of carboxylic acid groups (broad SMARTS) is 1. The highest BCUT2D eigenvalue weighted by Crippen LogP contribution is 2.21. The number of rotatable bonds is 6. The zero-order valence-electron chi connectivity index (χ0n) is 11.3. The Hall–Kier alpha value is -1.01. The van der Waals surface area contributed by atoms with Gasteiger partial charge in [0.1, 0.15) is 0 Å². The Bertz CT molecular complexity index is 416. The van der Waals surface area contributed by atoms with Gasteiger partial charge < -0.3 is 14.6 Å². The summed E-state index contributed by atoms with van der Waals surface area (Å²) in [6.07, 6.45) is 7.61. The first-order valence-electron chi connectivity index (χ1n) is 6.76. The Morgan fingerprint density at radius 1 is 1.47 bits per heavy atom. The van der Waals surface area contributed by atoms with Crippen molar-refractivity contribution in [3.8, 4) is 0 Å². The van der Waals surface area contributed by atoms with Gasteiger partial charge in [0.2, 0.25) is 0 Å². The molecule has 0 aliphatic carbocycles. The van der Waals surface area contributed by atoms with E-state index in [-0.39, 0.29) is 5.75 Å². The van der Waals surface area contributed by atoms with Crippen LogP contribution < -0.4 is 0 Å². The zero-order valence-corrected chi connectivity index (χ0v) is 12.1. The fourth-order valence-corrected chi connectivity index (χ4v) is 3.25. The van der Waals surface area contributed by atoms with Crippen LogP contribution in [0.5, 0.6) is 0 Å². The van der Waals surface area contributed by atoms with E-state index in [1.807, 2.05) is 6.20 Å². The third kappa shape index (κ3) is 4.24. The van der Waals surface area contributed by atoms with Crippen molar-refractivity contribution < 1.29 is 9.90 Å². The molecular weight excluding hydrogens is 262 g/mol. The first-order chi connectivity index (χ1) is 9.16. The van der Waals surface area contributed by atoms with Gasteiger partial charge >= 0.3 is 5.97 Å². The lowest BCUT2D eigenvalue weighted by atomic mass is 10.1. The van der Waals surface area contributed by atoms with Gasteiger partial charge in [0, 0.05) is 25.0 Å². The van der Waals surface area contributed by atoms with Gasteiger partial charge in [-0.25, -0.2) is 4.98 Å². The first-order valence-corrected chi connectivity index (χ1v) is 7.75. The molecule has 1 saturated heterocycles. The van der Waals surface area contributed by atoms with Crippen molar-refractivity contribution in [3.05, 3.63) is 12.4 Å². The molecule has 1 atom stereocenters. The largest absolute Gasteiger partial charge is 0.481 e. The maximum Gasteiger partial charge on any atom is 0.313 e. The fourth-order valence-electron chi connectivity index (χ4n) is 2.48. The molecule has 2 heterocycles. The molecule has 0 radical (unpaired) electrons. The van der Waals surface area contributed by atoms with Crippen molar-refractivity contribution in [2.24, 2.45) is 0 Å². The summed E-state index contributed by atoms with van der Waals surface area (Å²) < 4.78 is 2.09. The second kappa shape index (κ2) is 6.96. The van der Waals surface area contributed by atoms with E-state index in [1.54, 1.807) is 6.20 Å². The van der Waals surface area contributed by atoms with Crippen molar-refractivity contribution in [2.75, 3.05) is 25.4 Å². The number of piperidine rings is 1. The molecule has 1 fully saturated rings. The number of likely N-dealkylation sites (tertiary alicyclic amines) is 1. The van der Waals surface area contributed by atoms with E-state index in [0.29, 0.717) is 6.04 Å². The van der Waals surface area contributed by atoms with Crippen molar-refractivity contribution in [2.45, 2.75) is 37.4 Å². The maximum absolute atomic E-state index is 10.6. The van der Waals surface area contributed by atoms with Crippen LogP contribution in [-0.2, 0) is 4.79 Å². The number of carbonyl (C=O) groups is 1. The highest BCUT2D eigenvalue weighted by atomic mass is 32.2. The highest BCUT2D eigenvalue weighted by molar-refractivity contribution is 7.99. The lowest BCUT2D eigenvalue weighted by Crippen LogP contribution is -2.34. The van der Waals surface area contributed by atoms with Crippen LogP contribution in [0, 0.1) is 0 Å². The minimum Gasteiger partial charge on any atom is -0.481 e. The molecule has 19 heavy (non-hydrogen) atoms. The zero-order chi connectivity index (χ0) is 13.7. The molecule has 1 aliphatic heterocycles. The Labute approximate surface area is 118 Å². The second-order valence-electron chi connectivity index (χ2n) is 5.01. The average Bonchev–Trinajstić information content (AvgIpc) is 2.86. The molecule has 0 saturated carbocycles. The lowest BCUT2D eigenvalue weighted by Gasteiger charge is -2.29. The van der Waals surface area contributed by atoms with E-state index in [0.717, 1.165) is 11.7 Å². The van der Waals surface area contributed by atoms with Crippen molar-refractivity contribution in [3.63, 3.8) is 0 Å². The minimum atomic E-state index is -0.803. The van der Waals surface area contributed by atoms with Crippen LogP contribution >= 0.6 is 11.8 Å². The summed E-state index contributed by atoms with van der Waals surface area (Å²) in [4.78, 5) is 17.4. The summed E-state index contributed by atoms with van der Waals surface area (Å²) in [7, 11) is 0. The smallest absolute Gasteiger partial charge is 0.313 e. The number of thioether (sulfide) groups is 1. The Morgan fingerprint density at radius 2 is 2.21 bits per heavy atom. The van der Waals surface area contributed by atoms with Gasteiger partial charge in [-0.15, -0.1) is 0 Å². The molecular formula is C13H21N3O2S. The Morgan fingerprint density at radius 3 is 2.89 bits per heavy atom. The summed E-state index contributed by atoms with van der Waals surface area (Å²) in [5.74, 6) is -0.740. The van der Waals surface area contributed by atoms with Gasteiger partial charge in [-0.2, -0.15) is 0 Å². The van der Waals surface area contributed by atoms with Crippen molar-refractivity contribution >= 4 is 17.7 Å². The minimum absolute atomic E-state index is 0.0629. The molecule has 5 nitrogen and oxygen atoms in total. The summed E-state index contributed by atoms with van der Waals surface area (Å²) in [5, 5.41) is 9.53. The highest BCUT2D eigenvalue weighted by Gasteiger charge is 2.17. The van der Waals surface area contributed by atoms with E-state index < -0.39 is 5.97 Å². The van der Waals surface area contributed by atoms with E-state index in [1.165, 1.54) is 44.1 Å². The molecule has 1 aromatic heterocycles. The molecule has 2 rings (SSSR count). The molecule has 1 unspecified atom stereocenters. The van der Waals surface area contributed by atoms with Gasteiger partial charge in [0.25, 0.3) is 0 Å². The first kappa shape index (κ1) is 14.4. The van der Waals surface area contributed by atoms with Gasteiger partial charge in [-0.05, 0) is 32.9 Å². The standard InChI is InChI=1S/C13H21N3O2S/c1-11(9-15-6-3-2-4-7-15)16-8-5-14-13(16)19-10-12(17)18/h5,8,11H,2-4,6-7,9-10H2,1H3,(H,17,18). The molecule has 1 aromatic rings. The van der Waals surface area contributed by atoms with E-state index >= 15 is 0 Å². The third-order valence-electron chi connectivity index (χ3n) is 3.40. The number of aliphatic carboxylic acids is 1. The molecule has 0 bridgehead atoms. The quantitative estimate of drug-likeness (QED) is 0.810. The van der Waals surface area contributed by atoms with Crippen LogP contribution in [0.4, 0.5) is 0 Å². The molecule has 1 aliphatic rings. The van der Waals surface area contributed by atoms with Gasteiger partial charge in [0.05, 0.1) is 5.75 Å². The van der Waals surface area contributed by atoms with Crippen LogP contribution in [0.3, 0.4) is 0 Å². The second-order valence-corrected chi connectivity index (χ2v) is 5.95. The third-order valence-corrected chi connectivity index (χ3v) is 4.37.